The standard InChI is InChI=1S/C18H17N3O2/c1-11-6-7-16-14(8-11)17(15(10-20-16)18(19)22)21-12-4-3-5-13(9-12)23-2/h3-10H,1-2H3,(H2,19,22)(H,20,21). The quantitative estimate of drug-likeness (QED) is 0.774. The van der Waals surface area contributed by atoms with Crippen LogP contribution in [0, 0.1) is 6.92 Å². The maximum atomic E-state index is 11.8. The number of hydrogen-bond donors (Lipinski definition) is 2. The Bertz CT molecular complexity index is 891. The molecule has 0 aliphatic rings. The van der Waals surface area contributed by atoms with E-state index in [1.54, 1.807) is 7.11 Å². The predicted octanol–water partition coefficient (Wildman–Crippen LogP) is 3.39. The minimum atomic E-state index is -0.522. The fourth-order valence-electron chi connectivity index (χ4n) is 2.47. The molecule has 3 aromatic rings. The van der Waals surface area contributed by atoms with E-state index in [9.17, 15) is 4.79 Å². The van der Waals surface area contributed by atoms with Gasteiger partial charge >= 0.3 is 0 Å². The van der Waals surface area contributed by atoms with Crippen LogP contribution in [-0.4, -0.2) is 18.0 Å². The average Bonchev–Trinajstić information content (AvgIpc) is 2.55. The largest absolute Gasteiger partial charge is 0.497 e. The maximum Gasteiger partial charge on any atom is 0.252 e. The highest BCUT2D eigenvalue weighted by molar-refractivity contribution is 6.07. The molecule has 3 rings (SSSR count). The van der Waals surface area contributed by atoms with Crippen molar-refractivity contribution < 1.29 is 9.53 Å². The first-order valence-corrected chi connectivity index (χ1v) is 7.19. The van der Waals surface area contributed by atoms with Gasteiger partial charge in [0.25, 0.3) is 5.91 Å². The molecule has 0 atom stereocenters. The Balaban J connectivity index is 2.18. The van der Waals surface area contributed by atoms with Gasteiger partial charge in [-0.05, 0) is 31.2 Å². The number of pyridine rings is 1. The van der Waals surface area contributed by atoms with Gasteiger partial charge in [0.05, 0.1) is 23.9 Å². The molecule has 1 amide bonds. The first kappa shape index (κ1) is 14.8. The second kappa shape index (κ2) is 5.96. The highest BCUT2D eigenvalue weighted by atomic mass is 16.5. The van der Waals surface area contributed by atoms with Crippen molar-refractivity contribution in [2.75, 3.05) is 12.4 Å². The monoisotopic (exact) mass is 307 g/mol. The SMILES string of the molecule is COc1cccc(Nc2c(C(N)=O)cnc3ccc(C)cc23)c1. The maximum absolute atomic E-state index is 11.8. The zero-order valence-corrected chi connectivity index (χ0v) is 13.0. The number of rotatable bonds is 4. The first-order valence-electron chi connectivity index (χ1n) is 7.19. The Morgan fingerprint density at radius 3 is 2.78 bits per heavy atom. The summed E-state index contributed by atoms with van der Waals surface area (Å²) in [6.45, 7) is 1.99. The minimum absolute atomic E-state index is 0.353. The van der Waals surface area contributed by atoms with Gasteiger partial charge in [-0.3, -0.25) is 9.78 Å². The Kier molecular flexibility index (Phi) is 3.85. The van der Waals surface area contributed by atoms with E-state index >= 15 is 0 Å². The fraction of sp³-hybridized carbons (Fsp3) is 0.111. The van der Waals surface area contributed by atoms with Crippen molar-refractivity contribution in [2.24, 2.45) is 5.73 Å². The molecule has 1 aromatic heterocycles. The number of ether oxygens (including phenoxy) is 1. The van der Waals surface area contributed by atoms with E-state index in [0.717, 1.165) is 27.9 Å². The molecule has 2 aromatic carbocycles. The number of carbonyl (C=O) groups excluding carboxylic acids is 1. The number of methoxy groups -OCH3 is 1. The molecule has 0 fully saturated rings. The van der Waals surface area contributed by atoms with E-state index in [1.165, 1.54) is 6.20 Å². The number of carbonyl (C=O) groups is 1. The first-order chi connectivity index (χ1) is 11.1. The van der Waals surface area contributed by atoms with Gasteiger partial charge in [0, 0.05) is 23.3 Å². The van der Waals surface area contributed by atoms with Gasteiger partial charge in [-0.15, -0.1) is 0 Å². The highest BCUT2D eigenvalue weighted by Gasteiger charge is 2.14. The lowest BCUT2D eigenvalue weighted by molar-refractivity contribution is 0.100. The molecular formula is C18H17N3O2. The van der Waals surface area contributed by atoms with Crippen molar-refractivity contribution in [3.63, 3.8) is 0 Å². The zero-order valence-electron chi connectivity index (χ0n) is 13.0. The summed E-state index contributed by atoms with van der Waals surface area (Å²) in [4.78, 5) is 16.1. The minimum Gasteiger partial charge on any atom is -0.497 e. The molecule has 0 aliphatic carbocycles. The second-order valence-corrected chi connectivity index (χ2v) is 5.29. The van der Waals surface area contributed by atoms with Gasteiger partial charge in [0.1, 0.15) is 5.75 Å². The predicted molar refractivity (Wildman–Crippen MR) is 91.3 cm³/mol. The summed E-state index contributed by atoms with van der Waals surface area (Å²) >= 11 is 0. The Morgan fingerprint density at radius 1 is 1.22 bits per heavy atom. The number of aryl methyl sites for hydroxylation is 1. The molecule has 0 saturated carbocycles. The normalized spacial score (nSPS) is 10.5. The molecule has 116 valence electrons. The Morgan fingerprint density at radius 2 is 2.04 bits per heavy atom. The van der Waals surface area contributed by atoms with Crippen LogP contribution in [0.2, 0.25) is 0 Å². The lowest BCUT2D eigenvalue weighted by Crippen LogP contribution is -2.14. The van der Waals surface area contributed by atoms with Gasteiger partial charge < -0.3 is 15.8 Å². The van der Waals surface area contributed by atoms with Crippen LogP contribution in [0.15, 0.2) is 48.7 Å². The molecule has 0 bridgehead atoms. The van der Waals surface area contributed by atoms with Crippen LogP contribution < -0.4 is 15.8 Å². The number of nitrogens with two attached hydrogens (primary N) is 1. The van der Waals surface area contributed by atoms with Gasteiger partial charge in [-0.2, -0.15) is 0 Å². The van der Waals surface area contributed by atoms with Crippen molar-refractivity contribution in [1.82, 2.24) is 4.98 Å². The highest BCUT2D eigenvalue weighted by Crippen LogP contribution is 2.30. The number of anilines is 2. The van der Waals surface area contributed by atoms with Crippen LogP contribution in [0.1, 0.15) is 15.9 Å². The fourth-order valence-corrected chi connectivity index (χ4v) is 2.47. The van der Waals surface area contributed by atoms with E-state index < -0.39 is 5.91 Å². The smallest absolute Gasteiger partial charge is 0.252 e. The van der Waals surface area contributed by atoms with Crippen LogP contribution in [0.5, 0.6) is 5.75 Å². The molecule has 5 heteroatoms. The van der Waals surface area contributed by atoms with E-state index in [1.807, 2.05) is 49.4 Å². The van der Waals surface area contributed by atoms with Crippen LogP contribution in [0.25, 0.3) is 10.9 Å². The van der Waals surface area contributed by atoms with E-state index in [0.29, 0.717) is 11.3 Å². The number of benzene rings is 2. The Hall–Kier alpha value is -3.08. The number of amides is 1. The van der Waals surface area contributed by atoms with Gasteiger partial charge in [-0.25, -0.2) is 0 Å². The van der Waals surface area contributed by atoms with Crippen LogP contribution in [0.4, 0.5) is 11.4 Å². The van der Waals surface area contributed by atoms with Crippen LogP contribution in [-0.2, 0) is 0 Å². The molecule has 3 N–H and O–H groups in total. The van der Waals surface area contributed by atoms with Crippen molar-refractivity contribution >= 4 is 28.2 Å². The second-order valence-electron chi connectivity index (χ2n) is 5.29. The van der Waals surface area contributed by atoms with E-state index in [-0.39, 0.29) is 0 Å². The van der Waals surface area contributed by atoms with E-state index in [2.05, 4.69) is 10.3 Å². The number of hydrogen-bond acceptors (Lipinski definition) is 4. The van der Waals surface area contributed by atoms with Crippen molar-refractivity contribution in [3.05, 3.63) is 59.8 Å². The number of nitrogens with one attached hydrogen (secondary N) is 1. The topological polar surface area (TPSA) is 77.2 Å². The average molecular weight is 307 g/mol. The molecule has 5 nitrogen and oxygen atoms in total. The molecule has 1 heterocycles. The van der Waals surface area contributed by atoms with Crippen molar-refractivity contribution in [2.45, 2.75) is 6.92 Å². The Labute approximate surface area is 134 Å². The van der Waals surface area contributed by atoms with Gasteiger partial charge in [-0.1, -0.05) is 17.7 Å². The molecule has 0 saturated heterocycles. The summed E-state index contributed by atoms with van der Waals surface area (Å²) in [5.41, 5.74) is 9.20. The lowest BCUT2D eigenvalue weighted by atomic mass is 10.1. The van der Waals surface area contributed by atoms with Crippen molar-refractivity contribution in [3.8, 4) is 5.75 Å². The number of aromatic nitrogens is 1. The van der Waals surface area contributed by atoms with Gasteiger partial charge in [0.15, 0.2) is 0 Å². The number of nitrogens with zero attached hydrogens (tertiary/aromatic N) is 1. The van der Waals surface area contributed by atoms with Crippen LogP contribution >= 0.6 is 0 Å². The third-order valence-electron chi connectivity index (χ3n) is 3.63. The molecule has 0 radical (unpaired) electrons. The molecule has 0 spiro atoms. The summed E-state index contributed by atoms with van der Waals surface area (Å²) in [5, 5.41) is 4.13. The summed E-state index contributed by atoms with van der Waals surface area (Å²) in [7, 11) is 1.61. The third kappa shape index (κ3) is 2.94. The summed E-state index contributed by atoms with van der Waals surface area (Å²) in [6.07, 6.45) is 1.50. The van der Waals surface area contributed by atoms with Crippen molar-refractivity contribution in [1.29, 1.82) is 0 Å². The zero-order chi connectivity index (χ0) is 16.4. The summed E-state index contributed by atoms with van der Waals surface area (Å²) in [5.74, 6) is 0.205. The van der Waals surface area contributed by atoms with E-state index in [4.69, 9.17) is 10.5 Å². The molecular weight excluding hydrogens is 290 g/mol. The lowest BCUT2D eigenvalue weighted by Gasteiger charge is -2.14. The molecule has 0 unspecified atom stereocenters. The van der Waals surface area contributed by atoms with Gasteiger partial charge in [0.2, 0.25) is 0 Å². The summed E-state index contributed by atoms with van der Waals surface area (Å²) in [6, 6.07) is 13.4. The third-order valence-corrected chi connectivity index (χ3v) is 3.63. The number of fused-ring (bicyclic) bond motifs is 1. The number of primary amides is 1. The van der Waals surface area contributed by atoms with Crippen LogP contribution in [0.3, 0.4) is 0 Å². The molecule has 23 heavy (non-hydrogen) atoms. The molecule has 0 aliphatic heterocycles. The summed E-state index contributed by atoms with van der Waals surface area (Å²) < 4.78 is 5.23.